The Morgan fingerprint density at radius 1 is 1.33 bits per heavy atom. The Kier molecular flexibility index (Phi) is 7.41. The van der Waals surface area contributed by atoms with Gasteiger partial charge in [0.15, 0.2) is 4.90 Å². The predicted molar refractivity (Wildman–Crippen MR) is 61.5 cm³/mol. The fraction of sp³-hybridized carbons (Fsp3) is 0.333. The molecule has 0 aliphatic carbocycles. The fourth-order valence-corrected chi connectivity index (χ4v) is 1.40. The number of benzene rings is 1. The van der Waals surface area contributed by atoms with E-state index >= 15 is 0 Å². The van der Waals surface area contributed by atoms with Crippen LogP contribution in [0.1, 0.15) is 0 Å². The van der Waals surface area contributed by atoms with Gasteiger partial charge in [0.2, 0.25) is 0 Å². The fourth-order valence-electron chi connectivity index (χ4n) is 0.718. The molecule has 1 unspecified atom stereocenters. The Hall–Kier alpha value is -0.560. The van der Waals surface area contributed by atoms with Gasteiger partial charge in [-0.05, 0) is 24.3 Å². The normalized spacial score (nSPS) is 11.8. The SMILES string of the molecule is COS(=O)[O-].C[S+](C)c1ccc(O)cc1. The van der Waals surface area contributed by atoms with Crippen LogP contribution in [0.3, 0.4) is 0 Å². The van der Waals surface area contributed by atoms with E-state index in [-0.39, 0.29) is 0 Å². The van der Waals surface area contributed by atoms with Crippen LogP contribution in [0, 0.1) is 0 Å². The molecule has 1 N–H and O–H groups in total. The highest BCUT2D eigenvalue weighted by Crippen LogP contribution is 2.13. The number of aromatic hydroxyl groups is 1. The molecular formula is C9H14O4S2. The maximum absolute atomic E-state index is 9.15. The maximum atomic E-state index is 9.15. The first-order chi connectivity index (χ1) is 6.97. The molecule has 0 fully saturated rings. The zero-order valence-electron chi connectivity index (χ0n) is 8.80. The van der Waals surface area contributed by atoms with Crippen molar-refractivity contribution in [3.8, 4) is 5.75 Å². The minimum Gasteiger partial charge on any atom is -0.750 e. The van der Waals surface area contributed by atoms with Gasteiger partial charge in [0.25, 0.3) is 0 Å². The first-order valence-electron chi connectivity index (χ1n) is 3.97. The second-order valence-corrected chi connectivity index (χ2v) is 5.53. The zero-order valence-corrected chi connectivity index (χ0v) is 10.4. The topological polar surface area (TPSA) is 69.6 Å². The molecule has 0 saturated heterocycles. The summed E-state index contributed by atoms with van der Waals surface area (Å²) in [7, 11) is 1.39. The van der Waals surface area contributed by atoms with E-state index in [1.165, 1.54) is 4.90 Å². The molecule has 86 valence electrons. The molecule has 0 bridgehead atoms. The summed E-state index contributed by atoms with van der Waals surface area (Å²) in [6.45, 7) is 0. The van der Waals surface area contributed by atoms with E-state index in [1.807, 2.05) is 12.1 Å². The van der Waals surface area contributed by atoms with Crippen molar-refractivity contribution >= 4 is 22.3 Å². The average molecular weight is 250 g/mol. The van der Waals surface area contributed by atoms with Crippen LogP contribution in [-0.2, 0) is 26.4 Å². The highest BCUT2D eigenvalue weighted by molar-refractivity contribution is 7.95. The summed E-state index contributed by atoms with van der Waals surface area (Å²) in [4.78, 5) is 1.29. The average Bonchev–Trinajstić information content (AvgIpc) is 2.19. The maximum Gasteiger partial charge on any atom is 0.154 e. The Morgan fingerprint density at radius 3 is 2.00 bits per heavy atom. The third-order valence-electron chi connectivity index (χ3n) is 1.44. The van der Waals surface area contributed by atoms with E-state index in [4.69, 9.17) is 13.9 Å². The van der Waals surface area contributed by atoms with E-state index < -0.39 is 11.4 Å². The summed E-state index contributed by atoms with van der Waals surface area (Å²) < 4.78 is 22.0. The van der Waals surface area contributed by atoms with Crippen molar-refractivity contribution in [1.82, 2.24) is 0 Å². The van der Waals surface area contributed by atoms with Gasteiger partial charge < -0.3 is 13.8 Å². The Morgan fingerprint density at radius 2 is 1.73 bits per heavy atom. The van der Waals surface area contributed by atoms with E-state index in [9.17, 15) is 0 Å². The second kappa shape index (κ2) is 7.70. The smallest absolute Gasteiger partial charge is 0.154 e. The van der Waals surface area contributed by atoms with Gasteiger partial charge in [0.1, 0.15) is 18.3 Å². The minimum absolute atomic E-state index is 0.302. The van der Waals surface area contributed by atoms with Gasteiger partial charge in [0, 0.05) is 10.9 Å². The Balaban J connectivity index is 0.000000336. The van der Waals surface area contributed by atoms with Crippen LogP contribution < -0.4 is 0 Å². The number of hydrogen-bond donors (Lipinski definition) is 1. The lowest BCUT2D eigenvalue weighted by atomic mass is 10.3. The molecule has 0 heterocycles. The van der Waals surface area contributed by atoms with E-state index in [0.29, 0.717) is 16.6 Å². The van der Waals surface area contributed by atoms with Crippen molar-refractivity contribution in [2.75, 3.05) is 19.6 Å². The van der Waals surface area contributed by atoms with Gasteiger partial charge in [-0.15, -0.1) is 0 Å². The van der Waals surface area contributed by atoms with Crippen LogP contribution in [0.5, 0.6) is 5.75 Å². The molecule has 1 aromatic carbocycles. The van der Waals surface area contributed by atoms with Gasteiger partial charge in [0.05, 0.1) is 18.5 Å². The summed E-state index contributed by atoms with van der Waals surface area (Å²) in [5.74, 6) is 0.342. The molecule has 0 aromatic heterocycles. The van der Waals surface area contributed by atoms with Crippen molar-refractivity contribution in [2.24, 2.45) is 0 Å². The zero-order chi connectivity index (χ0) is 11.8. The van der Waals surface area contributed by atoms with Crippen molar-refractivity contribution in [3.05, 3.63) is 24.3 Å². The molecule has 1 atom stereocenters. The molecule has 0 aliphatic rings. The van der Waals surface area contributed by atoms with Gasteiger partial charge in [-0.2, -0.15) is 0 Å². The highest BCUT2D eigenvalue weighted by Gasteiger charge is 2.05. The largest absolute Gasteiger partial charge is 0.750 e. The van der Waals surface area contributed by atoms with Crippen molar-refractivity contribution in [3.63, 3.8) is 0 Å². The molecule has 1 aromatic rings. The summed E-state index contributed by atoms with van der Waals surface area (Å²) in [6.07, 6.45) is 4.32. The molecule has 0 amide bonds. The molecule has 0 saturated carbocycles. The highest BCUT2D eigenvalue weighted by atomic mass is 32.2. The predicted octanol–water partition coefficient (Wildman–Crippen LogP) is 1.06. The lowest BCUT2D eigenvalue weighted by Gasteiger charge is -1.94. The lowest BCUT2D eigenvalue weighted by Crippen LogP contribution is -1.93. The monoisotopic (exact) mass is 250 g/mol. The van der Waals surface area contributed by atoms with Crippen LogP contribution >= 0.6 is 0 Å². The third kappa shape index (κ3) is 7.38. The molecule has 1 rings (SSSR count). The molecule has 6 heteroatoms. The summed E-state index contributed by atoms with van der Waals surface area (Å²) >= 11 is -2.32. The molecule has 15 heavy (non-hydrogen) atoms. The summed E-state index contributed by atoms with van der Waals surface area (Å²) in [5.41, 5.74) is 0. The first kappa shape index (κ1) is 14.4. The number of phenolic OH excluding ortho intramolecular Hbond substituents is 1. The summed E-state index contributed by atoms with van der Waals surface area (Å²) in [5, 5.41) is 8.94. The van der Waals surface area contributed by atoms with Gasteiger partial charge in [-0.1, -0.05) is 0 Å². The standard InChI is InChI=1S/C8H10OS.CH4O3S/c1-10(2)8-5-3-7(9)4-6-8;1-4-5(2)3/h3-6H,1-2H3;1H3,(H,2,3). The first-order valence-corrected chi connectivity index (χ1v) is 7.02. The summed E-state index contributed by atoms with van der Waals surface area (Å²) in [6, 6.07) is 7.36. The van der Waals surface area contributed by atoms with Crippen molar-refractivity contribution in [1.29, 1.82) is 0 Å². The molecular weight excluding hydrogens is 236 g/mol. The van der Waals surface area contributed by atoms with Gasteiger partial charge >= 0.3 is 0 Å². The van der Waals surface area contributed by atoms with Crippen molar-refractivity contribution < 1.29 is 18.1 Å². The number of phenols is 1. The van der Waals surface area contributed by atoms with Crippen LogP contribution in [0.2, 0.25) is 0 Å². The Labute approximate surface area is 95.1 Å². The quantitative estimate of drug-likeness (QED) is 0.629. The van der Waals surface area contributed by atoms with Gasteiger partial charge in [-0.25, -0.2) is 4.21 Å². The second-order valence-electron chi connectivity index (χ2n) is 2.68. The van der Waals surface area contributed by atoms with E-state index in [0.717, 1.165) is 7.11 Å². The lowest BCUT2D eigenvalue weighted by molar-refractivity contribution is 0.368. The number of rotatable bonds is 2. The minimum atomic E-state index is -2.32. The Bertz CT molecular complexity index is 297. The third-order valence-corrected chi connectivity index (χ3v) is 2.93. The van der Waals surface area contributed by atoms with Gasteiger partial charge in [-0.3, -0.25) is 0 Å². The molecule has 0 spiro atoms. The van der Waals surface area contributed by atoms with Crippen LogP contribution in [-0.4, -0.2) is 33.5 Å². The van der Waals surface area contributed by atoms with E-state index in [2.05, 4.69) is 16.7 Å². The molecule has 0 radical (unpaired) electrons. The van der Waals surface area contributed by atoms with E-state index in [1.54, 1.807) is 12.1 Å². The number of hydrogen-bond acceptors (Lipinski definition) is 4. The van der Waals surface area contributed by atoms with Crippen LogP contribution in [0.15, 0.2) is 29.2 Å². The molecule has 4 nitrogen and oxygen atoms in total. The van der Waals surface area contributed by atoms with Crippen LogP contribution in [0.4, 0.5) is 0 Å². The van der Waals surface area contributed by atoms with Crippen LogP contribution in [0.25, 0.3) is 0 Å². The molecule has 0 aliphatic heterocycles. The van der Waals surface area contributed by atoms with Crippen molar-refractivity contribution in [2.45, 2.75) is 4.90 Å².